The average Bonchev–Trinajstić information content (AvgIpc) is 3.02. The van der Waals surface area contributed by atoms with Crippen LogP contribution in [0.3, 0.4) is 0 Å². The Morgan fingerprint density at radius 2 is 1.15 bits per heavy atom. The highest BCUT2D eigenvalue weighted by Crippen LogP contribution is 2.47. The number of carbonyl (C=O) groups excluding carboxylic acids is 1. The monoisotopic (exact) mass is 544 g/mol. The highest BCUT2D eigenvalue weighted by molar-refractivity contribution is 5.55. The van der Waals surface area contributed by atoms with Crippen molar-refractivity contribution in [2.45, 2.75) is 62.9 Å². The first kappa shape index (κ1) is 28.2. The summed E-state index contributed by atoms with van der Waals surface area (Å²) in [5, 5.41) is 0. The lowest BCUT2D eigenvalue weighted by molar-refractivity contribution is -0.213. The molecule has 2 fully saturated rings. The van der Waals surface area contributed by atoms with Crippen molar-refractivity contribution in [3.05, 3.63) is 89.5 Å². The van der Waals surface area contributed by atoms with Crippen LogP contribution >= 0.6 is 0 Å². The molecule has 40 heavy (non-hydrogen) atoms. The third kappa shape index (κ3) is 6.68. The predicted molar refractivity (Wildman–Crippen MR) is 154 cm³/mol. The van der Waals surface area contributed by atoms with Gasteiger partial charge in [0.1, 0.15) is 23.5 Å². The van der Waals surface area contributed by atoms with E-state index in [-0.39, 0.29) is 36.3 Å². The van der Waals surface area contributed by atoms with Gasteiger partial charge in [0.15, 0.2) is 0 Å². The van der Waals surface area contributed by atoms with Crippen molar-refractivity contribution >= 4 is 6.29 Å². The van der Waals surface area contributed by atoms with Crippen LogP contribution < -0.4 is 14.2 Å². The summed E-state index contributed by atoms with van der Waals surface area (Å²) in [5.74, 6) is 2.39. The van der Waals surface area contributed by atoms with Crippen molar-refractivity contribution in [3.63, 3.8) is 0 Å². The molecule has 0 N–H and O–H groups in total. The molecule has 2 heterocycles. The number of methoxy groups -OCH3 is 3. The van der Waals surface area contributed by atoms with E-state index in [2.05, 4.69) is 36.4 Å². The second kappa shape index (κ2) is 13.3. The normalized spacial score (nSPS) is 26.0. The van der Waals surface area contributed by atoms with Crippen LogP contribution in [-0.2, 0) is 27.1 Å². The maximum absolute atomic E-state index is 12.5. The third-order valence-electron chi connectivity index (χ3n) is 8.46. The molecule has 0 spiro atoms. The highest BCUT2D eigenvalue weighted by atomic mass is 16.5. The fourth-order valence-electron chi connectivity index (χ4n) is 6.23. The first-order valence-corrected chi connectivity index (χ1v) is 14.3. The summed E-state index contributed by atoms with van der Waals surface area (Å²) in [5.41, 5.74) is 3.56. The van der Waals surface area contributed by atoms with Gasteiger partial charge in [0.25, 0.3) is 0 Å². The van der Waals surface area contributed by atoms with E-state index in [9.17, 15) is 4.79 Å². The molecule has 6 nitrogen and oxygen atoms in total. The van der Waals surface area contributed by atoms with Crippen LogP contribution in [0.5, 0.6) is 17.2 Å². The summed E-state index contributed by atoms with van der Waals surface area (Å²) >= 11 is 0. The van der Waals surface area contributed by atoms with Crippen molar-refractivity contribution in [3.8, 4) is 17.2 Å². The van der Waals surface area contributed by atoms with E-state index in [1.165, 1.54) is 11.1 Å². The van der Waals surface area contributed by atoms with Crippen molar-refractivity contribution in [2.75, 3.05) is 21.3 Å². The lowest BCUT2D eigenvalue weighted by Crippen LogP contribution is -2.50. The summed E-state index contributed by atoms with van der Waals surface area (Å²) in [4.78, 5) is 12.5. The topological polar surface area (TPSA) is 63.2 Å². The summed E-state index contributed by atoms with van der Waals surface area (Å²) in [6.45, 7) is 0. The number of carbonyl (C=O) groups is 1. The minimum atomic E-state index is -0.205. The summed E-state index contributed by atoms with van der Waals surface area (Å²) in [7, 11) is 5.03. The van der Waals surface area contributed by atoms with Gasteiger partial charge in [0, 0.05) is 18.3 Å². The fourth-order valence-corrected chi connectivity index (χ4v) is 6.23. The van der Waals surface area contributed by atoms with Crippen LogP contribution in [0, 0.1) is 11.8 Å². The Labute approximate surface area is 237 Å². The average molecular weight is 545 g/mol. The molecule has 0 bridgehead atoms. The molecule has 3 aromatic carbocycles. The zero-order chi connectivity index (χ0) is 27.9. The molecule has 0 aromatic heterocycles. The van der Waals surface area contributed by atoms with E-state index in [0.717, 1.165) is 61.2 Å². The van der Waals surface area contributed by atoms with Crippen LogP contribution in [-0.4, -0.2) is 45.9 Å². The molecule has 2 aliphatic heterocycles. The van der Waals surface area contributed by atoms with Gasteiger partial charge >= 0.3 is 0 Å². The molecule has 6 heteroatoms. The van der Waals surface area contributed by atoms with Crippen LogP contribution in [0.25, 0.3) is 0 Å². The maximum atomic E-state index is 12.5. The summed E-state index contributed by atoms with van der Waals surface area (Å²) in [6.07, 6.45) is 6.03. The fraction of sp³-hybridized carbons (Fsp3) is 0.441. The molecule has 2 aliphatic rings. The number of rotatable bonds is 11. The van der Waals surface area contributed by atoms with Crippen LogP contribution in [0.15, 0.2) is 72.8 Å². The SMILES string of the molecule is COc1ccc(CC[C@H]2C[C@H]3O[C@@H](CCc4ccc(OC)cc4)C[C@@H](C=O)[C@@H]3[C@@H](c3ccc(OC)cc3)O2)cc1. The molecule has 0 saturated carbocycles. The number of hydrogen-bond acceptors (Lipinski definition) is 6. The second-order valence-corrected chi connectivity index (χ2v) is 10.9. The van der Waals surface area contributed by atoms with Gasteiger partial charge in [-0.15, -0.1) is 0 Å². The van der Waals surface area contributed by atoms with Gasteiger partial charge in [-0.3, -0.25) is 0 Å². The van der Waals surface area contributed by atoms with Gasteiger partial charge in [-0.1, -0.05) is 36.4 Å². The second-order valence-electron chi connectivity index (χ2n) is 10.9. The predicted octanol–water partition coefficient (Wildman–Crippen LogP) is 6.40. The standard InChI is InChI=1S/C34H40O6/c1-36-27-12-4-23(5-13-27)8-16-30-20-26(22-35)33-32(39-30)21-31(17-9-24-6-14-28(37-2)15-7-24)40-34(33)25-10-18-29(38-3)19-11-25/h4-7,10-15,18-19,22,26,30-34H,8-9,16-17,20-21H2,1-3H3/t26-,30-,31-,32+,33-,34+/m0/s1. The Kier molecular flexibility index (Phi) is 9.40. The van der Waals surface area contributed by atoms with E-state index >= 15 is 0 Å². The van der Waals surface area contributed by atoms with Gasteiger partial charge in [-0.05, 0) is 85.2 Å². The lowest BCUT2D eigenvalue weighted by atomic mass is 9.72. The molecule has 6 atom stereocenters. The Hall–Kier alpha value is -3.35. The summed E-state index contributed by atoms with van der Waals surface area (Å²) < 4.78 is 29.6. The maximum Gasteiger partial charge on any atom is 0.123 e. The van der Waals surface area contributed by atoms with E-state index in [0.29, 0.717) is 6.42 Å². The first-order valence-electron chi connectivity index (χ1n) is 14.3. The van der Waals surface area contributed by atoms with E-state index in [4.69, 9.17) is 23.7 Å². The summed E-state index contributed by atoms with van der Waals surface area (Å²) in [6, 6.07) is 24.5. The zero-order valence-corrected chi connectivity index (χ0v) is 23.7. The van der Waals surface area contributed by atoms with Crippen LogP contribution in [0.1, 0.15) is 48.5 Å². The van der Waals surface area contributed by atoms with E-state index in [1.807, 2.05) is 36.4 Å². The molecule has 0 amide bonds. The van der Waals surface area contributed by atoms with Crippen molar-refractivity contribution in [2.24, 2.45) is 11.8 Å². The Bertz CT molecular complexity index is 1200. The molecular formula is C34H40O6. The van der Waals surface area contributed by atoms with Crippen molar-refractivity contribution in [1.82, 2.24) is 0 Å². The molecule has 2 saturated heterocycles. The number of benzene rings is 3. The van der Waals surface area contributed by atoms with Crippen LogP contribution in [0.2, 0.25) is 0 Å². The zero-order valence-electron chi connectivity index (χ0n) is 23.7. The molecule has 3 aromatic rings. The smallest absolute Gasteiger partial charge is 0.123 e. The Morgan fingerprint density at radius 1 is 0.675 bits per heavy atom. The van der Waals surface area contributed by atoms with Crippen molar-refractivity contribution in [1.29, 1.82) is 0 Å². The molecular weight excluding hydrogens is 504 g/mol. The first-order chi connectivity index (χ1) is 19.6. The minimum Gasteiger partial charge on any atom is -0.497 e. The molecule has 0 radical (unpaired) electrons. The quantitative estimate of drug-likeness (QED) is 0.261. The third-order valence-corrected chi connectivity index (χ3v) is 8.46. The van der Waals surface area contributed by atoms with Crippen molar-refractivity contribution < 1.29 is 28.5 Å². The molecule has 212 valence electrons. The van der Waals surface area contributed by atoms with Gasteiger partial charge in [-0.25, -0.2) is 0 Å². The molecule has 0 aliphatic carbocycles. The highest BCUT2D eigenvalue weighted by Gasteiger charge is 2.48. The Balaban J connectivity index is 1.32. The van der Waals surface area contributed by atoms with Crippen LogP contribution in [0.4, 0.5) is 0 Å². The van der Waals surface area contributed by atoms with Gasteiger partial charge < -0.3 is 28.5 Å². The van der Waals surface area contributed by atoms with Gasteiger partial charge in [-0.2, -0.15) is 0 Å². The largest absolute Gasteiger partial charge is 0.497 e. The molecule has 5 rings (SSSR count). The number of fused-ring (bicyclic) bond motifs is 1. The van der Waals surface area contributed by atoms with Gasteiger partial charge in [0.05, 0.1) is 45.7 Å². The van der Waals surface area contributed by atoms with E-state index < -0.39 is 0 Å². The van der Waals surface area contributed by atoms with E-state index in [1.54, 1.807) is 21.3 Å². The number of aryl methyl sites for hydroxylation is 2. The number of ether oxygens (including phenoxy) is 5. The number of hydrogen-bond donors (Lipinski definition) is 0. The molecule has 0 unspecified atom stereocenters. The number of aldehydes is 1. The Morgan fingerprint density at radius 3 is 1.62 bits per heavy atom. The van der Waals surface area contributed by atoms with Gasteiger partial charge in [0.2, 0.25) is 0 Å². The minimum absolute atomic E-state index is 0.0135. The lowest BCUT2D eigenvalue weighted by Gasteiger charge is -2.49.